The Morgan fingerprint density at radius 2 is 1.92 bits per heavy atom. The fourth-order valence-corrected chi connectivity index (χ4v) is 2.79. The van der Waals surface area contributed by atoms with Crippen molar-refractivity contribution >= 4 is 35.6 Å². The zero-order valence-electron chi connectivity index (χ0n) is 14.7. The van der Waals surface area contributed by atoms with Crippen molar-refractivity contribution in [2.24, 2.45) is 4.99 Å². The van der Waals surface area contributed by atoms with Gasteiger partial charge in [0.05, 0.1) is 0 Å². The molecule has 0 bridgehead atoms. The van der Waals surface area contributed by atoms with Gasteiger partial charge in [0.25, 0.3) is 0 Å². The first-order chi connectivity index (χ1) is 11.8. The lowest BCUT2D eigenvalue weighted by Gasteiger charge is -2.37. The van der Waals surface area contributed by atoms with Crippen molar-refractivity contribution in [3.8, 4) is 0 Å². The number of piperazine rings is 1. The minimum Gasteiger partial charge on any atom is -0.368 e. The van der Waals surface area contributed by atoms with Gasteiger partial charge in [0.15, 0.2) is 11.8 Å². The van der Waals surface area contributed by atoms with Gasteiger partial charge in [-0.25, -0.2) is 4.99 Å². The highest BCUT2D eigenvalue weighted by Gasteiger charge is 2.19. The quantitative estimate of drug-likeness (QED) is 0.433. The number of benzene rings is 1. The van der Waals surface area contributed by atoms with Gasteiger partial charge < -0.3 is 19.6 Å². The third kappa shape index (κ3) is 5.32. The van der Waals surface area contributed by atoms with Crippen LogP contribution in [0.4, 0.5) is 5.69 Å². The highest BCUT2D eigenvalue weighted by molar-refractivity contribution is 14.0. The number of anilines is 1. The molecule has 2 aromatic rings. The van der Waals surface area contributed by atoms with Crippen LogP contribution in [0.25, 0.3) is 0 Å². The van der Waals surface area contributed by atoms with Crippen LogP contribution in [-0.2, 0) is 6.54 Å². The van der Waals surface area contributed by atoms with Crippen LogP contribution in [0.3, 0.4) is 0 Å². The third-order valence-electron chi connectivity index (χ3n) is 3.98. The zero-order valence-corrected chi connectivity index (χ0v) is 17.0. The molecule has 25 heavy (non-hydrogen) atoms. The van der Waals surface area contributed by atoms with Crippen LogP contribution >= 0.6 is 24.0 Å². The van der Waals surface area contributed by atoms with Gasteiger partial charge in [-0.3, -0.25) is 0 Å². The van der Waals surface area contributed by atoms with Gasteiger partial charge in [0, 0.05) is 45.3 Å². The van der Waals surface area contributed by atoms with E-state index < -0.39 is 0 Å². The van der Waals surface area contributed by atoms with Crippen LogP contribution < -0.4 is 10.2 Å². The predicted octanol–water partition coefficient (Wildman–Crippen LogP) is 2.28. The highest BCUT2D eigenvalue weighted by Crippen LogP contribution is 2.15. The summed E-state index contributed by atoms with van der Waals surface area (Å²) >= 11 is 0. The minimum atomic E-state index is 0. The molecule has 0 amide bonds. The molecule has 1 aliphatic rings. The Balaban J connectivity index is 0.00000225. The molecule has 0 radical (unpaired) electrons. The molecule has 1 fully saturated rings. The first-order valence-corrected chi connectivity index (χ1v) is 8.38. The van der Waals surface area contributed by atoms with Gasteiger partial charge in [-0.15, -0.1) is 24.0 Å². The molecule has 1 aliphatic heterocycles. The van der Waals surface area contributed by atoms with Gasteiger partial charge in [-0.2, -0.15) is 4.98 Å². The van der Waals surface area contributed by atoms with E-state index in [4.69, 9.17) is 4.52 Å². The summed E-state index contributed by atoms with van der Waals surface area (Å²) in [5.74, 6) is 2.10. The molecular formula is C17H25IN6O. The Kier molecular flexibility index (Phi) is 7.48. The number of aliphatic imine (C=N–C) groups is 1. The first kappa shape index (κ1) is 19.5. The first-order valence-electron chi connectivity index (χ1n) is 8.38. The maximum absolute atomic E-state index is 4.99. The van der Waals surface area contributed by atoms with E-state index >= 15 is 0 Å². The largest absolute Gasteiger partial charge is 0.368 e. The monoisotopic (exact) mass is 456 g/mol. The third-order valence-corrected chi connectivity index (χ3v) is 3.98. The molecule has 0 saturated carbocycles. The summed E-state index contributed by atoms with van der Waals surface area (Å²) in [4.78, 5) is 13.5. The molecule has 0 unspecified atom stereocenters. The number of nitrogens with one attached hydrogen (secondary N) is 1. The van der Waals surface area contributed by atoms with Gasteiger partial charge in [0.1, 0.15) is 6.54 Å². The second-order valence-corrected chi connectivity index (χ2v) is 5.71. The molecule has 8 heteroatoms. The molecule has 3 rings (SSSR count). The van der Waals surface area contributed by atoms with Crippen molar-refractivity contribution in [2.75, 3.05) is 37.6 Å². The average Bonchev–Trinajstić information content (AvgIpc) is 3.05. The highest BCUT2D eigenvalue weighted by atomic mass is 127. The summed E-state index contributed by atoms with van der Waals surface area (Å²) in [6.07, 6.45) is 0. The number of nitrogens with zero attached hydrogens (tertiary/aromatic N) is 5. The molecule has 0 spiro atoms. The summed E-state index contributed by atoms with van der Waals surface area (Å²) in [6.45, 7) is 8.97. The van der Waals surface area contributed by atoms with E-state index in [9.17, 15) is 0 Å². The molecule has 1 aromatic heterocycles. The predicted molar refractivity (Wildman–Crippen MR) is 109 cm³/mol. The van der Waals surface area contributed by atoms with Crippen LogP contribution in [0.2, 0.25) is 0 Å². The lowest BCUT2D eigenvalue weighted by atomic mass is 10.2. The Labute approximate surface area is 165 Å². The summed E-state index contributed by atoms with van der Waals surface area (Å²) in [5, 5.41) is 7.25. The Bertz CT molecular complexity index is 667. The zero-order chi connectivity index (χ0) is 16.8. The van der Waals surface area contributed by atoms with E-state index in [0.29, 0.717) is 18.3 Å². The smallest absolute Gasteiger partial charge is 0.223 e. The second kappa shape index (κ2) is 9.59. The number of guanidine groups is 1. The fourth-order valence-electron chi connectivity index (χ4n) is 2.79. The molecule has 0 atom stereocenters. The topological polar surface area (TPSA) is 69.8 Å². The molecule has 0 aliphatic carbocycles. The average molecular weight is 456 g/mol. The van der Waals surface area contributed by atoms with Crippen LogP contribution in [-0.4, -0.2) is 53.7 Å². The Morgan fingerprint density at radius 1 is 1.20 bits per heavy atom. The lowest BCUT2D eigenvalue weighted by molar-refractivity contribution is 0.371. The number of hydrogen-bond donors (Lipinski definition) is 1. The van der Waals surface area contributed by atoms with Crippen LogP contribution in [0, 0.1) is 6.92 Å². The number of aryl methyl sites for hydroxylation is 1. The molecular weight excluding hydrogens is 431 g/mol. The minimum absolute atomic E-state index is 0. The number of aromatic nitrogens is 2. The summed E-state index contributed by atoms with van der Waals surface area (Å²) in [6, 6.07) is 10.5. The molecule has 1 N–H and O–H groups in total. The van der Waals surface area contributed by atoms with Crippen molar-refractivity contribution in [1.29, 1.82) is 0 Å². The van der Waals surface area contributed by atoms with Crippen molar-refractivity contribution in [1.82, 2.24) is 20.4 Å². The molecule has 1 aromatic carbocycles. The molecule has 136 valence electrons. The summed E-state index contributed by atoms with van der Waals surface area (Å²) in [5.41, 5.74) is 1.28. The Hall–Kier alpha value is -1.84. The standard InChI is InChI=1S/C17H24N6O.HI/c1-3-18-17(19-13-16-20-14(2)24-21-16)23-11-9-22(10-12-23)15-7-5-4-6-8-15;/h4-8H,3,9-13H2,1-2H3,(H,18,19);1H. The summed E-state index contributed by atoms with van der Waals surface area (Å²) < 4.78 is 4.99. The second-order valence-electron chi connectivity index (χ2n) is 5.71. The van der Waals surface area contributed by atoms with E-state index in [0.717, 1.165) is 38.7 Å². The van der Waals surface area contributed by atoms with E-state index in [1.54, 1.807) is 6.92 Å². The number of rotatable bonds is 4. The molecule has 7 nitrogen and oxygen atoms in total. The van der Waals surface area contributed by atoms with Gasteiger partial charge in [0.2, 0.25) is 5.89 Å². The van der Waals surface area contributed by atoms with Crippen molar-refractivity contribution in [3.05, 3.63) is 42.0 Å². The summed E-state index contributed by atoms with van der Waals surface area (Å²) in [7, 11) is 0. The van der Waals surface area contributed by atoms with Crippen LogP contribution in [0.5, 0.6) is 0 Å². The van der Waals surface area contributed by atoms with Gasteiger partial charge >= 0.3 is 0 Å². The fraction of sp³-hybridized carbons (Fsp3) is 0.471. The Morgan fingerprint density at radius 3 is 2.52 bits per heavy atom. The maximum Gasteiger partial charge on any atom is 0.223 e. The van der Waals surface area contributed by atoms with E-state index in [-0.39, 0.29) is 24.0 Å². The van der Waals surface area contributed by atoms with Crippen molar-refractivity contribution in [3.63, 3.8) is 0 Å². The van der Waals surface area contributed by atoms with Crippen LogP contribution in [0.15, 0.2) is 39.8 Å². The van der Waals surface area contributed by atoms with E-state index in [2.05, 4.69) is 67.5 Å². The van der Waals surface area contributed by atoms with E-state index in [1.807, 2.05) is 0 Å². The SMILES string of the molecule is CCNC(=NCc1noc(C)n1)N1CCN(c2ccccc2)CC1.I. The van der Waals surface area contributed by atoms with Gasteiger partial charge in [-0.1, -0.05) is 23.4 Å². The normalized spacial score (nSPS) is 15.0. The lowest BCUT2D eigenvalue weighted by Crippen LogP contribution is -2.52. The van der Waals surface area contributed by atoms with Gasteiger partial charge in [-0.05, 0) is 19.1 Å². The number of hydrogen-bond acceptors (Lipinski definition) is 5. The maximum atomic E-state index is 4.99. The van der Waals surface area contributed by atoms with E-state index in [1.165, 1.54) is 5.69 Å². The molecule has 1 saturated heterocycles. The van der Waals surface area contributed by atoms with Crippen LogP contribution in [0.1, 0.15) is 18.6 Å². The van der Waals surface area contributed by atoms with Crippen molar-refractivity contribution < 1.29 is 4.52 Å². The molecule has 2 heterocycles. The number of para-hydroxylation sites is 1. The van der Waals surface area contributed by atoms with Crippen molar-refractivity contribution in [2.45, 2.75) is 20.4 Å². The number of halogens is 1.